The molecule has 0 atom stereocenters. The lowest BCUT2D eigenvalue weighted by Gasteiger charge is -2.19. The number of nitrogens with zero attached hydrogens (tertiary/aromatic N) is 2. The summed E-state index contributed by atoms with van der Waals surface area (Å²) in [4.78, 5) is 26.9. The minimum atomic E-state index is -0.404. The fraction of sp³-hybridized carbons (Fsp3) is 0.375. The van der Waals surface area contributed by atoms with Gasteiger partial charge >= 0.3 is 5.97 Å². The number of benzene rings is 1. The van der Waals surface area contributed by atoms with Crippen molar-refractivity contribution in [1.82, 2.24) is 9.80 Å². The summed E-state index contributed by atoms with van der Waals surface area (Å²) >= 11 is 0. The van der Waals surface area contributed by atoms with Crippen molar-refractivity contribution in [2.45, 2.75) is 0 Å². The molecule has 0 spiro atoms. The van der Waals surface area contributed by atoms with Crippen molar-refractivity contribution in [3.63, 3.8) is 0 Å². The molecule has 0 saturated carbocycles. The molecule has 1 aromatic carbocycles. The molecule has 0 N–H and O–H groups in total. The maximum atomic E-state index is 12.2. The number of esters is 1. The van der Waals surface area contributed by atoms with Gasteiger partial charge in [0.15, 0.2) is 0 Å². The normalized spacial score (nSPS) is 10.9. The standard InChI is InChI=1S/C16H22N2O3/c1-17(2)11-12-18(3)16(20)14-8-5-13(6-9-14)7-10-15(19)21-4/h5-10H,11-12H2,1-4H3/b10-7+. The molecule has 0 fully saturated rings. The van der Waals surface area contributed by atoms with Gasteiger partial charge < -0.3 is 14.5 Å². The molecule has 0 aromatic heterocycles. The summed E-state index contributed by atoms with van der Waals surface area (Å²) in [6.45, 7) is 1.50. The largest absolute Gasteiger partial charge is 0.466 e. The van der Waals surface area contributed by atoms with Gasteiger partial charge in [0.05, 0.1) is 7.11 Å². The number of amides is 1. The molecule has 5 nitrogen and oxygen atoms in total. The van der Waals surface area contributed by atoms with Crippen molar-refractivity contribution in [1.29, 1.82) is 0 Å². The van der Waals surface area contributed by atoms with Gasteiger partial charge in [-0.15, -0.1) is 0 Å². The molecule has 21 heavy (non-hydrogen) atoms. The Morgan fingerprint density at radius 3 is 2.24 bits per heavy atom. The predicted octanol–water partition coefficient (Wildman–Crippen LogP) is 1.51. The highest BCUT2D eigenvalue weighted by molar-refractivity contribution is 5.94. The summed E-state index contributed by atoms with van der Waals surface area (Å²) in [5, 5.41) is 0. The van der Waals surface area contributed by atoms with Crippen molar-refractivity contribution < 1.29 is 14.3 Å². The summed E-state index contributed by atoms with van der Waals surface area (Å²) in [6.07, 6.45) is 3.00. The van der Waals surface area contributed by atoms with Crippen LogP contribution in [0.3, 0.4) is 0 Å². The Morgan fingerprint density at radius 2 is 1.71 bits per heavy atom. The van der Waals surface area contributed by atoms with E-state index < -0.39 is 5.97 Å². The molecule has 114 valence electrons. The highest BCUT2D eigenvalue weighted by Gasteiger charge is 2.11. The highest BCUT2D eigenvalue weighted by atomic mass is 16.5. The van der Waals surface area contributed by atoms with Gasteiger partial charge in [-0.2, -0.15) is 0 Å². The van der Waals surface area contributed by atoms with Crippen LogP contribution in [0.2, 0.25) is 0 Å². The van der Waals surface area contributed by atoms with Crippen molar-refractivity contribution in [3.05, 3.63) is 41.5 Å². The van der Waals surface area contributed by atoms with E-state index >= 15 is 0 Å². The minimum absolute atomic E-state index is 0.0136. The van der Waals surface area contributed by atoms with Crippen LogP contribution in [0.5, 0.6) is 0 Å². The zero-order valence-electron chi connectivity index (χ0n) is 13.0. The Kier molecular flexibility index (Phi) is 6.62. The number of hydrogen-bond donors (Lipinski definition) is 0. The Morgan fingerprint density at radius 1 is 1.10 bits per heavy atom. The Labute approximate surface area is 125 Å². The fourth-order valence-electron chi connectivity index (χ4n) is 1.64. The molecule has 1 aromatic rings. The Hall–Kier alpha value is -2.14. The van der Waals surface area contributed by atoms with E-state index in [1.807, 2.05) is 19.0 Å². The molecule has 0 radical (unpaired) electrons. The quantitative estimate of drug-likeness (QED) is 0.588. The van der Waals surface area contributed by atoms with Gasteiger partial charge in [0.25, 0.3) is 5.91 Å². The van der Waals surface area contributed by atoms with E-state index in [0.29, 0.717) is 12.1 Å². The number of hydrogen-bond acceptors (Lipinski definition) is 4. The van der Waals surface area contributed by atoms with Crippen LogP contribution in [0, 0.1) is 0 Å². The number of carbonyl (C=O) groups is 2. The minimum Gasteiger partial charge on any atom is -0.466 e. The van der Waals surface area contributed by atoms with Crippen LogP contribution in [-0.4, -0.2) is 63.0 Å². The third kappa shape index (κ3) is 5.79. The molecule has 0 aliphatic rings. The smallest absolute Gasteiger partial charge is 0.330 e. The summed E-state index contributed by atoms with van der Waals surface area (Å²) in [6, 6.07) is 7.11. The molecule has 0 unspecified atom stereocenters. The van der Waals surface area contributed by atoms with Crippen LogP contribution < -0.4 is 0 Å². The van der Waals surface area contributed by atoms with E-state index in [0.717, 1.165) is 12.1 Å². The van der Waals surface area contributed by atoms with Crippen LogP contribution >= 0.6 is 0 Å². The van der Waals surface area contributed by atoms with Gasteiger partial charge in [-0.1, -0.05) is 12.1 Å². The Balaban J connectivity index is 2.66. The second-order valence-corrected chi connectivity index (χ2v) is 5.01. The molecule has 0 heterocycles. The van der Waals surface area contributed by atoms with Crippen molar-refractivity contribution in [2.75, 3.05) is 41.3 Å². The average Bonchev–Trinajstić information content (AvgIpc) is 2.49. The molecule has 1 amide bonds. The van der Waals surface area contributed by atoms with E-state index in [1.165, 1.54) is 13.2 Å². The van der Waals surface area contributed by atoms with Crippen LogP contribution in [0.4, 0.5) is 0 Å². The van der Waals surface area contributed by atoms with Crippen molar-refractivity contribution >= 4 is 18.0 Å². The first-order chi connectivity index (χ1) is 9.93. The van der Waals surface area contributed by atoms with Crippen LogP contribution in [0.25, 0.3) is 6.08 Å². The first-order valence-corrected chi connectivity index (χ1v) is 6.70. The van der Waals surface area contributed by atoms with Gasteiger partial charge in [0, 0.05) is 31.8 Å². The zero-order chi connectivity index (χ0) is 15.8. The maximum absolute atomic E-state index is 12.2. The molecule has 1 rings (SSSR count). The summed E-state index contributed by atoms with van der Waals surface area (Å²) in [5.41, 5.74) is 1.47. The van der Waals surface area contributed by atoms with E-state index in [4.69, 9.17) is 0 Å². The molecule has 5 heteroatoms. The summed E-state index contributed by atoms with van der Waals surface area (Å²) < 4.78 is 4.52. The molecular formula is C16H22N2O3. The van der Waals surface area contributed by atoms with Crippen LogP contribution in [0.15, 0.2) is 30.3 Å². The number of ether oxygens (including phenoxy) is 1. The number of likely N-dealkylation sites (N-methyl/N-ethyl adjacent to an activating group) is 2. The highest BCUT2D eigenvalue weighted by Crippen LogP contribution is 2.08. The SMILES string of the molecule is COC(=O)/C=C/c1ccc(C(=O)N(C)CCN(C)C)cc1. The van der Waals surface area contributed by atoms with Crippen molar-refractivity contribution in [3.8, 4) is 0 Å². The third-order valence-electron chi connectivity index (χ3n) is 3.00. The monoisotopic (exact) mass is 290 g/mol. The second kappa shape index (κ2) is 8.21. The molecular weight excluding hydrogens is 268 g/mol. The lowest BCUT2D eigenvalue weighted by Crippen LogP contribution is -2.33. The molecule has 0 aliphatic carbocycles. The topological polar surface area (TPSA) is 49.9 Å². The number of rotatable bonds is 6. The van der Waals surface area contributed by atoms with E-state index in [1.54, 1.807) is 42.3 Å². The lowest BCUT2D eigenvalue weighted by atomic mass is 10.1. The van der Waals surface area contributed by atoms with E-state index in [2.05, 4.69) is 4.74 Å². The summed E-state index contributed by atoms with van der Waals surface area (Å²) in [5.74, 6) is -0.418. The molecule has 0 saturated heterocycles. The van der Waals surface area contributed by atoms with Crippen molar-refractivity contribution in [2.24, 2.45) is 0 Å². The van der Waals surface area contributed by atoms with E-state index in [-0.39, 0.29) is 5.91 Å². The molecule has 0 aliphatic heterocycles. The Bertz CT molecular complexity index is 507. The third-order valence-corrected chi connectivity index (χ3v) is 3.00. The first-order valence-electron chi connectivity index (χ1n) is 6.70. The number of carbonyl (C=O) groups excluding carboxylic acids is 2. The van der Waals surface area contributed by atoms with E-state index in [9.17, 15) is 9.59 Å². The summed E-state index contributed by atoms with van der Waals surface area (Å²) in [7, 11) is 7.07. The van der Waals surface area contributed by atoms with Gasteiger partial charge in [-0.3, -0.25) is 4.79 Å². The van der Waals surface area contributed by atoms with Crippen LogP contribution in [0.1, 0.15) is 15.9 Å². The van der Waals surface area contributed by atoms with Gasteiger partial charge in [0.1, 0.15) is 0 Å². The molecule has 0 bridgehead atoms. The second-order valence-electron chi connectivity index (χ2n) is 5.01. The lowest BCUT2D eigenvalue weighted by molar-refractivity contribution is -0.134. The average molecular weight is 290 g/mol. The fourth-order valence-corrected chi connectivity index (χ4v) is 1.64. The first kappa shape index (κ1) is 16.9. The van der Waals surface area contributed by atoms with Gasteiger partial charge in [-0.25, -0.2) is 4.79 Å². The predicted molar refractivity (Wildman–Crippen MR) is 83.0 cm³/mol. The van der Waals surface area contributed by atoms with Gasteiger partial charge in [0.2, 0.25) is 0 Å². The van der Waals surface area contributed by atoms with Gasteiger partial charge in [-0.05, 0) is 37.9 Å². The number of methoxy groups -OCH3 is 1. The maximum Gasteiger partial charge on any atom is 0.330 e. The zero-order valence-corrected chi connectivity index (χ0v) is 13.0. The van der Waals surface area contributed by atoms with Crippen LogP contribution in [-0.2, 0) is 9.53 Å².